The third-order valence-electron chi connectivity index (χ3n) is 2.75. The monoisotopic (exact) mass is 266 g/mol. The second kappa shape index (κ2) is 5.34. The van der Waals surface area contributed by atoms with Gasteiger partial charge in [-0.3, -0.25) is 9.67 Å². The lowest BCUT2D eigenvalue weighted by Gasteiger charge is -2.21. The van der Waals surface area contributed by atoms with Crippen molar-refractivity contribution in [2.75, 3.05) is 6.54 Å². The van der Waals surface area contributed by atoms with Crippen molar-refractivity contribution in [2.45, 2.75) is 39.0 Å². The number of hydrogen-bond donors (Lipinski definition) is 1. The summed E-state index contributed by atoms with van der Waals surface area (Å²) in [7, 11) is 1.94. The fourth-order valence-electron chi connectivity index (χ4n) is 2.03. The van der Waals surface area contributed by atoms with Crippen molar-refractivity contribution in [3.63, 3.8) is 0 Å². The van der Waals surface area contributed by atoms with Crippen LogP contribution in [0.5, 0.6) is 0 Å². The first-order valence-corrected chi connectivity index (χ1v) is 7.24. The zero-order valence-electron chi connectivity index (χ0n) is 11.6. The standard InChI is InChI=1S/C13H22N4S/c1-13(2,3)7-11-9-15-12(18-11)14-8-10-5-6-17(4)16-10/h5-6,11H,7-9H2,1-4H3,(H,14,15). The molecule has 4 nitrogen and oxygen atoms in total. The Hall–Kier alpha value is -0.970. The van der Waals surface area contributed by atoms with Gasteiger partial charge < -0.3 is 5.32 Å². The van der Waals surface area contributed by atoms with Gasteiger partial charge in [0, 0.05) is 18.5 Å². The van der Waals surface area contributed by atoms with Gasteiger partial charge in [0.05, 0.1) is 18.8 Å². The van der Waals surface area contributed by atoms with Crippen LogP contribution in [-0.4, -0.2) is 26.7 Å². The van der Waals surface area contributed by atoms with Crippen LogP contribution in [0.3, 0.4) is 0 Å². The number of amidine groups is 1. The average Bonchev–Trinajstić information content (AvgIpc) is 2.82. The molecule has 0 saturated heterocycles. The molecule has 0 saturated carbocycles. The summed E-state index contributed by atoms with van der Waals surface area (Å²) in [6, 6.07) is 2.03. The molecule has 0 spiro atoms. The molecule has 0 radical (unpaired) electrons. The lowest BCUT2D eigenvalue weighted by atomic mass is 9.90. The average molecular weight is 266 g/mol. The lowest BCUT2D eigenvalue weighted by molar-refractivity contribution is 0.375. The molecule has 1 aromatic rings. The van der Waals surface area contributed by atoms with Crippen LogP contribution in [0.2, 0.25) is 0 Å². The van der Waals surface area contributed by atoms with E-state index >= 15 is 0 Å². The van der Waals surface area contributed by atoms with Gasteiger partial charge in [-0.1, -0.05) is 32.5 Å². The third-order valence-corrected chi connectivity index (χ3v) is 3.89. The van der Waals surface area contributed by atoms with Crippen LogP contribution in [0.4, 0.5) is 0 Å². The number of aryl methyl sites for hydroxylation is 1. The smallest absolute Gasteiger partial charge is 0.157 e. The maximum absolute atomic E-state index is 4.56. The molecule has 1 atom stereocenters. The normalized spacial score (nSPS) is 20.0. The van der Waals surface area contributed by atoms with E-state index in [4.69, 9.17) is 0 Å². The highest BCUT2D eigenvalue weighted by molar-refractivity contribution is 8.14. The Morgan fingerprint density at radius 3 is 2.89 bits per heavy atom. The SMILES string of the molecule is Cn1ccc(CNC2=NCC(CC(C)(C)C)S2)n1. The van der Waals surface area contributed by atoms with Gasteiger partial charge in [-0.25, -0.2) is 0 Å². The van der Waals surface area contributed by atoms with Gasteiger partial charge in [-0.2, -0.15) is 5.10 Å². The molecule has 1 aliphatic rings. The van der Waals surface area contributed by atoms with Crippen LogP contribution >= 0.6 is 11.8 Å². The van der Waals surface area contributed by atoms with E-state index in [1.54, 1.807) is 0 Å². The van der Waals surface area contributed by atoms with Crippen molar-refractivity contribution in [1.29, 1.82) is 0 Å². The summed E-state index contributed by atoms with van der Waals surface area (Å²) >= 11 is 1.87. The summed E-state index contributed by atoms with van der Waals surface area (Å²) in [4.78, 5) is 4.56. The predicted molar refractivity (Wildman–Crippen MR) is 77.8 cm³/mol. The topological polar surface area (TPSA) is 42.2 Å². The Balaban J connectivity index is 1.76. The highest BCUT2D eigenvalue weighted by Gasteiger charge is 2.24. The zero-order valence-corrected chi connectivity index (χ0v) is 12.4. The van der Waals surface area contributed by atoms with Gasteiger partial charge in [0.2, 0.25) is 0 Å². The molecule has 0 aliphatic carbocycles. The summed E-state index contributed by atoms with van der Waals surface area (Å²) < 4.78 is 1.82. The van der Waals surface area contributed by atoms with Gasteiger partial charge in [0.15, 0.2) is 5.17 Å². The summed E-state index contributed by atoms with van der Waals surface area (Å²) in [5, 5.41) is 9.39. The predicted octanol–water partition coefficient (Wildman–Crippen LogP) is 2.42. The number of hydrogen-bond acceptors (Lipinski definition) is 4. The van der Waals surface area contributed by atoms with E-state index in [1.807, 2.05) is 35.8 Å². The molecule has 18 heavy (non-hydrogen) atoms. The Labute approximate surface area is 113 Å². The Kier molecular flexibility index (Phi) is 4.00. The van der Waals surface area contributed by atoms with Crippen molar-refractivity contribution in [2.24, 2.45) is 17.5 Å². The highest BCUT2D eigenvalue weighted by atomic mass is 32.2. The number of nitrogens with zero attached hydrogens (tertiary/aromatic N) is 3. The summed E-state index contributed by atoms with van der Waals surface area (Å²) in [6.07, 6.45) is 3.17. The first-order valence-electron chi connectivity index (χ1n) is 6.36. The van der Waals surface area contributed by atoms with E-state index in [9.17, 15) is 0 Å². The van der Waals surface area contributed by atoms with Crippen LogP contribution in [0.1, 0.15) is 32.9 Å². The first kappa shape index (κ1) is 13.5. The van der Waals surface area contributed by atoms with Crippen LogP contribution < -0.4 is 5.32 Å². The van der Waals surface area contributed by atoms with Crippen molar-refractivity contribution >= 4 is 16.9 Å². The molecule has 0 aromatic carbocycles. The van der Waals surface area contributed by atoms with Gasteiger partial charge in [-0.15, -0.1) is 0 Å². The van der Waals surface area contributed by atoms with E-state index < -0.39 is 0 Å². The van der Waals surface area contributed by atoms with E-state index in [-0.39, 0.29) is 0 Å². The van der Waals surface area contributed by atoms with Crippen molar-refractivity contribution in [3.8, 4) is 0 Å². The number of aromatic nitrogens is 2. The quantitative estimate of drug-likeness (QED) is 0.913. The minimum atomic E-state index is 0.379. The lowest BCUT2D eigenvalue weighted by Crippen LogP contribution is -2.20. The number of thioether (sulfide) groups is 1. The van der Waals surface area contributed by atoms with E-state index in [0.29, 0.717) is 10.7 Å². The van der Waals surface area contributed by atoms with E-state index in [1.165, 1.54) is 6.42 Å². The Morgan fingerprint density at radius 2 is 2.28 bits per heavy atom. The van der Waals surface area contributed by atoms with Gasteiger partial charge in [0.25, 0.3) is 0 Å². The van der Waals surface area contributed by atoms with E-state index in [0.717, 1.165) is 24.0 Å². The summed E-state index contributed by atoms with van der Waals surface area (Å²) in [5.74, 6) is 0. The molecule has 100 valence electrons. The van der Waals surface area contributed by atoms with Crippen molar-refractivity contribution in [1.82, 2.24) is 15.1 Å². The van der Waals surface area contributed by atoms with Gasteiger partial charge in [-0.05, 0) is 17.9 Å². The summed E-state index contributed by atoms with van der Waals surface area (Å²) in [6.45, 7) is 8.55. The maximum atomic E-state index is 4.56. The van der Waals surface area contributed by atoms with Crippen LogP contribution in [0.25, 0.3) is 0 Å². The van der Waals surface area contributed by atoms with Crippen LogP contribution in [0.15, 0.2) is 17.3 Å². The Bertz CT molecular complexity index is 430. The van der Waals surface area contributed by atoms with Crippen molar-refractivity contribution in [3.05, 3.63) is 18.0 Å². The fourth-order valence-corrected chi connectivity index (χ4v) is 3.38. The summed E-state index contributed by atoms with van der Waals surface area (Å²) in [5.41, 5.74) is 1.43. The number of rotatable bonds is 3. The minimum absolute atomic E-state index is 0.379. The van der Waals surface area contributed by atoms with Crippen LogP contribution in [-0.2, 0) is 13.6 Å². The molecule has 1 unspecified atom stereocenters. The van der Waals surface area contributed by atoms with Gasteiger partial charge >= 0.3 is 0 Å². The molecule has 1 aliphatic heterocycles. The third kappa shape index (κ3) is 4.05. The highest BCUT2D eigenvalue weighted by Crippen LogP contribution is 2.31. The maximum Gasteiger partial charge on any atom is 0.157 e. The molecular weight excluding hydrogens is 244 g/mol. The zero-order chi connectivity index (χ0) is 13.2. The Morgan fingerprint density at radius 1 is 1.50 bits per heavy atom. The fraction of sp³-hybridized carbons (Fsp3) is 0.692. The molecule has 0 fully saturated rings. The molecule has 2 rings (SSSR count). The van der Waals surface area contributed by atoms with E-state index in [2.05, 4.69) is 36.2 Å². The largest absolute Gasteiger partial charge is 0.359 e. The number of nitrogens with one attached hydrogen (secondary N) is 1. The first-order chi connectivity index (χ1) is 8.42. The molecule has 0 amide bonds. The van der Waals surface area contributed by atoms with Crippen molar-refractivity contribution < 1.29 is 0 Å². The van der Waals surface area contributed by atoms with Crippen LogP contribution in [0, 0.1) is 5.41 Å². The van der Waals surface area contributed by atoms with Gasteiger partial charge in [0.1, 0.15) is 0 Å². The molecule has 0 bridgehead atoms. The molecule has 5 heteroatoms. The second-order valence-corrected chi connectivity index (χ2v) is 7.27. The molecule has 2 heterocycles. The second-order valence-electron chi connectivity index (χ2n) is 5.98. The molecule has 1 N–H and O–H groups in total. The molecule has 1 aromatic heterocycles. The molecular formula is C13H22N4S. The number of aliphatic imine (C=N–C) groups is 1. The minimum Gasteiger partial charge on any atom is -0.359 e.